The van der Waals surface area contributed by atoms with E-state index in [1.54, 1.807) is 13.8 Å². The van der Waals surface area contributed by atoms with Gasteiger partial charge in [0.15, 0.2) is 18.0 Å². The minimum absolute atomic E-state index is 0.481. The number of hydrogen-bond donors (Lipinski definition) is 2. The first-order valence-corrected chi connectivity index (χ1v) is 4.79. The predicted molar refractivity (Wildman–Crippen MR) is 46.8 cm³/mol. The van der Waals surface area contributed by atoms with E-state index in [1.165, 1.54) is 0 Å². The number of fused-ring (bicyclic) bond motifs is 1. The molecule has 2 heterocycles. The van der Waals surface area contributed by atoms with Gasteiger partial charge in [0, 0.05) is 0 Å². The van der Waals surface area contributed by atoms with Crippen molar-refractivity contribution in [3.05, 3.63) is 0 Å². The Labute approximate surface area is 86.7 Å². The lowest BCUT2D eigenvalue weighted by atomic mass is 10.1. The lowest BCUT2D eigenvalue weighted by Gasteiger charge is -2.23. The Morgan fingerprint density at radius 2 is 2.13 bits per heavy atom. The lowest BCUT2D eigenvalue weighted by molar-refractivity contribution is -0.195. The van der Waals surface area contributed by atoms with E-state index in [0.717, 1.165) is 0 Å². The molecule has 86 valence electrons. The van der Waals surface area contributed by atoms with Crippen LogP contribution in [0.15, 0.2) is 0 Å². The van der Waals surface area contributed by atoms with Crippen LogP contribution in [-0.2, 0) is 19.0 Å². The van der Waals surface area contributed by atoms with Crippen LogP contribution >= 0.6 is 0 Å². The molecule has 2 fully saturated rings. The summed E-state index contributed by atoms with van der Waals surface area (Å²) in [6, 6.07) is 0. The molecule has 0 aromatic rings. The van der Waals surface area contributed by atoms with Crippen LogP contribution < -0.4 is 0 Å². The van der Waals surface area contributed by atoms with Crippen LogP contribution in [0.3, 0.4) is 0 Å². The number of carbonyl (C=O) groups is 1. The number of aliphatic hydroxyl groups excluding tert-OH is 2. The first kappa shape index (κ1) is 10.8. The molecule has 3 unspecified atom stereocenters. The van der Waals surface area contributed by atoms with E-state index < -0.39 is 42.8 Å². The molecule has 0 spiro atoms. The standard InChI is InChI=1S/C9H14O6/c1-9(2)14-6-5(4(11)3-10)13-8(12)7(6)15-9/h4-7,10-11H,3H2,1-2H3/t4?,5?,6-,7?/m1/s1. The van der Waals surface area contributed by atoms with E-state index in [-0.39, 0.29) is 0 Å². The number of carbonyl (C=O) groups excluding carboxylic acids is 1. The van der Waals surface area contributed by atoms with Gasteiger partial charge in [-0.15, -0.1) is 0 Å². The molecule has 2 saturated heterocycles. The van der Waals surface area contributed by atoms with Gasteiger partial charge in [-0.3, -0.25) is 0 Å². The summed E-state index contributed by atoms with van der Waals surface area (Å²) >= 11 is 0. The van der Waals surface area contributed by atoms with Crippen LogP contribution in [-0.4, -0.2) is 53.0 Å². The molecule has 0 aromatic heterocycles. The Morgan fingerprint density at radius 3 is 2.73 bits per heavy atom. The third-order valence-corrected chi connectivity index (χ3v) is 2.50. The average Bonchev–Trinajstić information content (AvgIpc) is 2.61. The van der Waals surface area contributed by atoms with Gasteiger partial charge in [0.05, 0.1) is 6.61 Å². The first-order chi connectivity index (χ1) is 6.94. The van der Waals surface area contributed by atoms with E-state index in [1.807, 2.05) is 0 Å². The molecule has 4 atom stereocenters. The quantitative estimate of drug-likeness (QED) is 0.565. The normalized spacial score (nSPS) is 40.0. The van der Waals surface area contributed by atoms with Gasteiger partial charge >= 0.3 is 5.97 Å². The maximum absolute atomic E-state index is 11.4. The zero-order chi connectivity index (χ0) is 11.2. The summed E-state index contributed by atoms with van der Waals surface area (Å²) in [6.07, 6.45) is -3.43. The van der Waals surface area contributed by atoms with Gasteiger partial charge in [-0.05, 0) is 13.8 Å². The second-order valence-corrected chi connectivity index (χ2v) is 4.17. The highest BCUT2D eigenvalue weighted by Crippen LogP contribution is 2.36. The topological polar surface area (TPSA) is 85.2 Å². The number of aliphatic hydroxyl groups is 2. The number of ether oxygens (including phenoxy) is 3. The van der Waals surface area contributed by atoms with E-state index in [4.69, 9.17) is 19.3 Å². The maximum atomic E-state index is 11.4. The van der Waals surface area contributed by atoms with Crippen molar-refractivity contribution in [3.63, 3.8) is 0 Å². The highest BCUT2D eigenvalue weighted by molar-refractivity contribution is 5.78. The molecule has 2 rings (SSSR count). The maximum Gasteiger partial charge on any atom is 0.338 e. The molecule has 2 aliphatic heterocycles. The number of rotatable bonds is 2. The van der Waals surface area contributed by atoms with E-state index >= 15 is 0 Å². The summed E-state index contributed by atoms with van der Waals surface area (Å²) in [7, 11) is 0. The van der Waals surface area contributed by atoms with Crippen molar-refractivity contribution in [2.45, 2.75) is 44.1 Å². The van der Waals surface area contributed by atoms with Gasteiger partial charge in [-0.2, -0.15) is 0 Å². The highest BCUT2D eigenvalue weighted by atomic mass is 16.8. The molecule has 6 nitrogen and oxygen atoms in total. The minimum Gasteiger partial charge on any atom is -0.455 e. The average molecular weight is 218 g/mol. The summed E-state index contributed by atoms with van der Waals surface area (Å²) in [5.74, 6) is -1.41. The van der Waals surface area contributed by atoms with Crippen LogP contribution in [0.2, 0.25) is 0 Å². The summed E-state index contributed by atoms with van der Waals surface area (Å²) < 4.78 is 15.6. The fourth-order valence-corrected chi connectivity index (χ4v) is 1.88. The molecule has 0 amide bonds. The monoisotopic (exact) mass is 218 g/mol. The molecule has 15 heavy (non-hydrogen) atoms. The van der Waals surface area contributed by atoms with Crippen molar-refractivity contribution < 1.29 is 29.2 Å². The van der Waals surface area contributed by atoms with Gasteiger partial charge in [-0.1, -0.05) is 0 Å². The first-order valence-electron chi connectivity index (χ1n) is 4.79. The molecule has 0 aromatic carbocycles. The summed E-state index contributed by atoms with van der Waals surface area (Å²) in [4.78, 5) is 11.4. The lowest BCUT2D eigenvalue weighted by Crippen LogP contribution is -2.40. The Morgan fingerprint density at radius 1 is 1.47 bits per heavy atom. The summed E-state index contributed by atoms with van der Waals surface area (Å²) in [5.41, 5.74) is 0. The summed E-state index contributed by atoms with van der Waals surface area (Å²) in [5, 5.41) is 18.2. The predicted octanol–water partition coefficient (Wildman–Crippen LogP) is -1.21. The van der Waals surface area contributed by atoms with Gasteiger partial charge < -0.3 is 24.4 Å². The minimum atomic E-state index is -1.14. The molecule has 2 N–H and O–H groups in total. The van der Waals surface area contributed by atoms with Crippen LogP contribution in [0.5, 0.6) is 0 Å². The fourth-order valence-electron chi connectivity index (χ4n) is 1.88. The Balaban J connectivity index is 2.16. The SMILES string of the molecule is CC1(C)OC2C(=O)OC(C(O)CO)[C@H]2O1. The van der Waals surface area contributed by atoms with Gasteiger partial charge in [0.2, 0.25) is 0 Å². The Hall–Kier alpha value is -0.690. The third kappa shape index (κ3) is 1.74. The molecule has 0 saturated carbocycles. The molecule has 2 aliphatic rings. The van der Waals surface area contributed by atoms with Gasteiger partial charge in [0.25, 0.3) is 0 Å². The van der Waals surface area contributed by atoms with Crippen molar-refractivity contribution in [1.82, 2.24) is 0 Å². The fraction of sp³-hybridized carbons (Fsp3) is 0.889. The highest BCUT2D eigenvalue weighted by Gasteiger charge is 2.57. The van der Waals surface area contributed by atoms with Crippen LogP contribution in [0, 0.1) is 0 Å². The second-order valence-electron chi connectivity index (χ2n) is 4.17. The Bertz CT molecular complexity index is 276. The van der Waals surface area contributed by atoms with Crippen molar-refractivity contribution >= 4 is 5.97 Å². The third-order valence-electron chi connectivity index (χ3n) is 2.50. The van der Waals surface area contributed by atoms with Crippen molar-refractivity contribution in [3.8, 4) is 0 Å². The van der Waals surface area contributed by atoms with Crippen LogP contribution in [0.4, 0.5) is 0 Å². The molecular formula is C9H14O6. The number of esters is 1. The van der Waals surface area contributed by atoms with E-state index in [0.29, 0.717) is 0 Å². The molecule has 0 aliphatic carbocycles. The van der Waals surface area contributed by atoms with E-state index in [2.05, 4.69) is 0 Å². The van der Waals surface area contributed by atoms with Crippen LogP contribution in [0.1, 0.15) is 13.8 Å². The zero-order valence-electron chi connectivity index (χ0n) is 8.54. The Kier molecular flexibility index (Phi) is 2.46. The molecular weight excluding hydrogens is 204 g/mol. The van der Waals surface area contributed by atoms with Crippen molar-refractivity contribution in [2.24, 2.45) is 0 Å². The summed E-state index contributed by atoms with van der Waals surface area (Å²) in [6.45, 7) is 2.88. The number of cyclic esters (lactones) is 1. The molecule has 0 bridgehead atoms. The van der Waals surface area contributed by atoms with Gasteiger partial charge in [-0.25, -0.2) is 4.79 Å². The van der Waals surface area contributed by atoms with E-state index in [9.17, 15) is 9.90 Å². The van der Waals surface area contributed by atoms with Crippen molar-refractivity contribution in [1.29, 1.82) is 0 Å². The van der Waals surface area contributed by atoms with Gasteiger partial charge in [0.1, 0.15) is 12.2 Å². The molecule has 0 radical (unpaired) electrons. The van der Waals surface area contributed by atoms with Crippen LogP contribution in [0.25, 0.3) is 0 Å². The number of hydrogen-bond acceptors (Lipinski definition) is 6. The second kappa shape index (κ2) is 3.41. The van der Waals surface area contributed by atoms with Crippen molar-refractivity contribution in [2.75, 3.05) is 6.61 Å². The largest absolute Gasteiger partial charge is 0.455 e. The zero-order valence-corrected chi connectivity index (χ0v) is 8.54. The molecule has 6 heteroatoms. The smallest absolute Gasteiger partial charge is 0.338 e.